The normalized spacial score (nSPS) is 10.9. The van der Waals surface area contributed by atoms with Crippen LogP contribution in [0.2, 0.25) is 10.0 Å². The molecular weight excluding hydrogens is 451 g/mol. The lowest BCUT2D eigenvalue weighted by atomic mass is 10.1. The zero-order chi connectivity index (χ0) is 23.3. The highest BCUT2D eigenvalue weighted by molar-refractivity contribution is 6.32. The van der Waals surface area contributed by atoms with Crippen LogP contribution >= 0.6 is 23.2 Å². The number of nitrogens with zero attached hydrogens (tertiary/aromatic N) is 1. The van der Waals surface area contributed by atoms with Crippen molar-refractivity contribution < 1.29 is 19.4 Å². The van der Waals surface area contributed by atoms with Crippen LogP contribution in [-0.4, -0.2) is 24.3 Å². The maximum Gasteiger partial charge on any atom is 0.275 e. The standard InChI is InChI=1S/C24H22Cl2N2O4/c1-14-8-19(9-15(2)23(14)26)32-13-17-10-16(4-7-22(17)31-3)12-27-28-24(30)20-6-5-18(25)11-21(20)29/h4-12,29H,13H2,1-3H3,(H,28,30)/b27-12+. The van der Waals surface area contributed by atoms with Gasteiger partial charge in [0.05, 0.1) is 18.9 Å². The maximum absolute atomic E-state index is 12.2. The number of hydrogen-bond donors (Lipinski definition) is 2. The second-order valence-electron chi connectivity index (χ2n) is 7.09. The number of phenolic OH excluding ortho intramolecular Hbond substituents is 1. The van der Waals surface area contributed by atoms with Gasteiger partial charge in [0.1, 0.15) is 23.9 Å². The lowest BCUT2D eigenvalue weighted by Gasteiger charge is -2.13. The summed E-state index contributed by atoms with van der Waals surface area (Å²) in [5.74, 6) is 0.600. The van der Waals surface area contributed by atoms with E-state index in [9.17, 15) is 9.90 Å². The molecule has 0 aromatic heterocycles. The Bertz CT molecular complexity index is 1160. The van der Waals surface area contributed by atoms with Crippen LogP contribution in [0.25, 0.3) is 0 Å². The number of halogens is 2. The molecule has 0 heterocycles. The van der Waals surface area contributed by atoms with Gasteiger partial charge < -0.3 is 14.6 Å². The average Bonchev–Trinajstić information content (AvgIpc) is 2.76. The number of carbonyl (C=O) groups is 1. The molecule has 0 saturated carbocycles. The summed E-state index contributed by atoms with van der Waals surface area (Å²) in [6.07, 6.45) is 1.49. The first-order valence-corrected chi connectivity index (χ1v) is 10.4. The Morgan fingerprint density at radius 2 is 1.81 bits per heavy atom. The number of aryl methyl sites for hydroxylation is 2. The summed E-state index contributed by atoms with van der Waals surface area (Å²) < 4.78 is 11.4. The Kier molecular flexibility index (Phi) is 7.62. The number of amides is 1. The van der Waals surface area contributed by atoms with Gasteiger partial charge >= 0.3 is 0 Å². The van der Waals surface area contributed by atoms with Gasteiger partial charge in [-0.15, -0.1) is 0 Å². The molecule has 1 amide bonds. The number of rotatable bonds is 7. The minimum Gasteiger partial charge on any atom is -0.507 e. The summed E-state index contributed by atoms with van der Waals surface area (Å²) in [4.78, 5) is 12.2. The van der Waals surface area contributed by atoms with Crippen molar-refractivity contribution in [1.82, 2.24) is 5.43 Å². The number of hydrazone groups is 1. The van der Waals surface area contributed by atoms with Gasteiger partial charge in [-0.25, -0.2) is 5.43 Å². The summed E-state index contributed by atoms with van der Waals surface area (Å²) >= 11 is 12.0. The van der Waals surface area contributed by atoms with Crippen molar-refractivity contribution in [1.29, 1.82) is 0 Å². The van der Waals surface area contributed by atoms with Gasteiger partial charge in [0, 0.05) is 15.6 Å². The lowest BCUT2D eigenvalue weighted by molar-refractivity contribution is 0.0952. The molecule has 3 aromatic rings. The first kappa shape index (κ1) is 23.4. The van der Waals surface area contributed by atoms with Gasteiger partial charge in [0.25, 0.3) is 5.91 Å². The molecule has 0 saturated heterocycles. The van der Waals surface area contributed by atoms with Gasteiger partial charge in [-0.2, -0.15) is 5.10 Å². The number of methoxy groups -OCH3 is 1. The van der Waals surface area contributed by atoms with E-state index in [0.717, 1.165) is 27.3 Å². The maximum atomic E-state index is 12.2. The number of nitrogens with one attached hydrogen (secondary N) is 1. The quantitative estimate of drug-likeness (QED) is 0.343. The van der Waals surface area contributed by atoms with Crippen molar-refractivity contribution in [2.24, 2.45) is 5.10 Å². The average molecular weight is 473 g/mol. The second kappa shape index (κ2) is 10.4. The van der Waals surface area contributed by atoms with E-state index >= 15 is 0 Å². The highest BCUT2D eigenvalue weighted by atomic mass is 35.5. The fourth-order valence-corrected chi connectivity index (χ4v) is 3.34. The summed E-state index contributed by atoms with van der Waals surface area (Å²) in [5.41, 5.74) is 5.88. The molecular formula is C24H22Cl2N2O4. The number of aromatic hydroxyl groups is 1. The number of carbonyl (C=O) groups excluding carboxylic acids is 1. The zero-order valence-electron chi connectivity index (χ0n) is 17.8. The summed E-state index contributed by atoms with van der Waals surface area (Å²) in [7, 11) is 1.59. The second-order valence-corrected chi connectivity index (χ2v) is 7.91. The van der Waals surface area contributed by atoms with Gasteiger partial charge in [-0.3, -0.25) is 4.79 Å². The Morgan fingerprint density at radius 1 is 1.09 bits per heavy atom. The Labute approximate surface area is 196 Å². The molecule has 0 spiro atoms. The van der Waals surface area contributed by atoms with Crippen LogP contribution in [-0.2, 0) is 6.61 Å². The molecule has 0 atom stereocenters. The van der Waals surface area contributed by atoms with E-state index in [1.54, 1.807) is 19.2 Å². The highest BCUT2D eigenvalue weighted by Crippen LogP contribution is 2.28. The monoisotopic (exact) mass is 472 g/mol. The molecule has 0 bridgehead atoms. The molecule has 0 unspecified atom stereocenters. The first-order chi connectivity index (χ1) is 15.3. The molecule has 0 aliphatic carbocycles. The Balaban J connectivity index is 1.70. The van der Waals surface area contributed by atoms with Crippen molar-refractivity contribution in [3.8, 4) is 17.2 Å². The molecule has 166 valence electrons. The van der Waals surface area contributed by atoms with Gasteiger partial charge in [0.15, 0.2) is 0 Å². The number of benzene rings is 3. The molecule has 0 fully saturated rings. The topological polar surface area (TPSA) is 80.2 Å². The van der Waals surface area contributed by atoms with E-state index in [4.69, 9.17) is 32.7 Å². The molecule has 0 aliphatic rings. The van der Waals surface area contributed by atoms with E-state index in [-0.39, 0.29) is 17.9 Å². The third kappa shape index (κ3) is 5.72. The molecule has 0 aliphatic heterocycles. The van der Waals surface area contributed by atoms with Crippen LogP contribution in [0.1, 0.15) is 32.6 Å². The van der Waals surface area contributed by atoms with Crippen molar-refractivity contribution in [2.75, 3.05) is 7.11 Å². The van der Waals surface area contributed by atoms with Crippen LogP contribution in [0.15, 0.2) is 53.6 Å². The minimum atomic E-state index is -0.555. The molecule has 0 radical (unpaired) electrons. The summed E-state index contributed by atoms with van der Waals surface area (Å²) in [5, 5.41) is 14.9. The fourth-order valence-electron chi connectivity index (χ4n) is 3.06. The van der Waals surface area contributed by atoms with Crippen molar-refractivity contribution >= 4 is 35.3 Å². The third-order valence-electron chi connectivity index (χ3n) is 4.69. The number of phenols is 1. The predicted molar refractivity (Wildman–Crippen MR) is 126 cm³/mol. The Morgan fingerprint density at radius 3 is 2.47 bits per heavy atom. The van der Waals surface area contributed by atoms with E-state index in [2.05, 4.69) is 10.5 Å². The SMILES string of the molecule is COc1ccc(/C=N/NC(=O)c2ccc(Cl)cc2O)cc1COc1cc(C)c(Cl)c(C)c1. The van der Waals surface area contributed by atoms with Crippen molar-refractivity contribution in [2.45, 2.75) is 20.5 Å². The smallest absolute Gasteiger partial charge is 0.275 e. The van der Waals surface area contributed by atoms with Crippen LogP contribution < -0.4 is 14.9 Å². The zero-order valence-corrected chi connectivity index (χ0v) is 19.3. The third-order valence-corrected chi connectivity index (χ3v) is 5.52. The molecule has 3 aromatic carbocycles. The molecule has 8 heteroatoms. The van der Waals surface area contributed by atoms with Gasteiger partial charge in [-0.1, -0.05) is 23.2 Å². The van der Waals surface area contributed by atoms with E-state index in [0.29, 0.717) is 16.5 Å². The minimum absolute atomic E-state index is 0.0731. The van der Waals surface area contributed by atoms with E-state index in [1.807, 2.05) is 32.0 Å². The number of ether oxygens (including phenoxy) is 2. The van der Waals surface area contributed by atoms with Gasteiger partial charge in [0.2, 0.25) is 0 Å². The number of hydrogen-bond acceptors (Lipinski definition) is 5. The molecule has 6 nitrogen and oxygen atoms in total. The van der Waals surface area contributed by atoms with Crippen LogP contribution in [0.5, 0.6) is 17.2 Å². The molecule has 32 heavy (non-hydrogen) atoms. The Hall–Kier alpha value is -3.22. The van der Waals surface area contributed by atoms with Crippen LogP contribution in [0, 0.1) is 13.8 Å². The van der Waals surface area contributed by atoms with Crippen molar-refractivity contribution in [3.63, 3.8) is 0 Å². The lowest BCUT2D eigenvalue weighted by Crippen LogP contribution is -2.17. The van der Waals surface area contributed by atoms with Crippen molar-refractivity contribution in [3.05, 3.63) is 86.4 Å². The predicted octanol–water partition coefficient (Wildman–Crippen LogP) is 5.67. The largest absolute Gasteiger partial charge is 0.507 e. The highest BCUT2D eigenvalue weighted by Gasteiger charge is 2.11. The summed E-state index contributed by atoms with van der Waals surface area (Å²) in [6, 6.07) is 13.4. The van der Waals surface area contributed by atoms with E-state index in [1.165, 1.54) is 24.4 Å². The van der Waals surface area contributed by atoms with Gasteiger partial charge in [-0.05, 0) is 79.1 Å². The first-order valence-electron chi connectivity index (χ1n) is 9.67. The molecule has 2 N–H and O–H groups in total. The van der Waals surface area contributed by atoms with E-state index < -0.39 is 5.91 Å². The summed E-state index contributed by atoms with van der Waals surface area (Å²) in [6.45, 7) is 4.13. The molecule has 3 rings (SSSR count). The fraction of sp³-hybridized carbons (Fsp3) is 0.167. The van der Waals surface area contributed by atoms with Crippen LogP contribution in [0.3, 0.4) is 0 Å². The van der Waals surface area contributed by atoms with Crippen LogP contribution in [0.4, 0.5) is 0 Å².